The van der Waals surface area contributed by atoms with Gasteiger partial charge in [-0.15, -0.1) is 0 Å². The Kier molecular flexibility index (Phi) is 6.28. The van der Waals surface area contributed by atoms with Crippen molar-refractivity contribution in [2.45, 2.75) is 69.9 Å². The van der Waals surface area contributed by atoms with Crippen LogP contribution in [0.5, 0.6) is 0 Å². The lowest BCUT2D eigenvalue weighted by Gasteiger charge is -2.36. The van der Waals surface area contributed by atoms with Crippen molar-refractivity contribution < 1.29 is 14.7 Å². The number of aliphatic carboxylic acids is 1. The normalized spacial score (nSPS) is 19.7. The molecule has 3 N–H and O–H groups in total. The summed E-state index contributed by atoms with van der Waals surface area (Å²) in [6.45, 7) is 1.92. The molecule has 0 aromatic carbocycles. The van der Waals surface area contributed by atoms with Crippen LogP contribution in [0.1, 0.15) is 58.3 Å². The van der Waals surface area contributed by atoms with E-state index in [4.69, 9.17) is 5.11 Å². The minimum atomic E-state index is -0.947. The Morgan fingerprint density at radius 1 is 1.26 bits per heavy atom. The Balaban J connectivity index is 2.54. The van der Waals surface area contributed by atoms with Crippen LogP contribution in [0.3, 0.4) is 0 Å². The summed E-state index contributed by atoms with van der Waals surface area (Å²) >= 11 is 0. The highest BCUT2D eigenvalue weighted by Crippen LogP contribution is 2.30. The average Bonchev–Trinajstić information content (AvgIpc) is 2.39. The largest absolute Gasteiger partial charge is 0.480 e. The van der Waals surface area contributed by atoms with Gasteiger partial charge in [0, 0.05) is 12.0 Å². The van der Waals surface area contributed by atoms with Gasteiger partial charge in [0.2, 0.25) is 5.91 Å². The second-order valence-electron chi connectivity index (χ2n) is 5.51. The number of hydrogen-bond acceptors (Lipinski definition) is 3. The van der Waals surface area contributed by atoms with Gasteiger partial charge < -0.3 is 15.7 Å². The Bertz CT molecular complexity index is 312. The first-order valence-electron chi connectivity index (χ1n) is 7.24. The van der Waals surface area contributed by atoms with Crippen molar-refractivity contribution >= 4 is 11.9 Å². The van der Waals surface area contributed by atoms with Crippen LogP contribution in [0.15, 0.2) is 0 Å². The monoisotopic (exact) mass is 270 g/mol. The minimum Gasteiger partial charge on any atom is -0.480 e. The van der Waals surface area contributed by atoms with E-state index in [2.05, 4.69) is 10.6 Å². The topological polar surface area (TPSA) is 78.4 Å². The van der Waals surface area contributed by atoms with Crippen molar-refractivity contribution in [3.05, 3.63) is 0 Å². The van der Waals surface area contributed by atoms with Crippen molar-refractivity contribution in [2.75, 3.05) is 7.05 Å². The molecule has 5 heteroatoms. The molecule has 0 spiro atoms. The fourth-order valence-electron chi connectivity index (χ4n) is 2.84. The van der Waals surface area contributed by atoms with Crippen molar-refractivity contribution in [1.82, 2.24) is 10.6 Å². The molecule has 0 bridgehead atoms. The summed E-state index contributed by atoms with van der Waals surface area (Å²) in [5.41, 5.74) is -0.141. The number of carboxylic acid groups (broad SMARTS) is 1. The summed E-state index contributed by atoms with van der Waals surface area (Å²) in [7, 11) is 1.89. The Morgan fingerprint density at radius 3 is 2.37 bits per heavy atom. The number of hydrogen-bond donors (Lipinski definition) is 3. The maximum atomic E-state index is 12.1. The van der Waals surface area contributed by atoms with E-state index < -0.39 is 12.0 Å². The first-order chi connectivity index (χ1) is 9.03. The number of nitrogens with one attached hydrogen (secondary N) is 2. The summed E-state index contributed by atoms with van der Waals surface area (Å²) in [5.74, 6) is -1.10. The number of rotatable bonds is 7. The molecule has 0 aromatic rings. The van der Waals surface area contributed by atoms with Crippen LogP contribution in [0.2, 0.25) is 0 Å². The van der Waals surface area contributed by atoms with E-state index in [-0.39, 0.29) is 11.4 Å². The maximum absolute atomic E-state index is 12.1. The van der Waals surface area contributed by atoms with Gasteiger partial charge in [-0.2, -0.15) is 0 Å². The molecule has 1 fully saturated rings. The van der Waals surface area contributed by atoms with Crippen molar-refractivity contribution in [3.8, 4) is 0 Å². The molecule has 0 unspecified atom stereocenters. The summed E-state index contributed by atoms with van der Waals surface area (Å²) in [6, 6.07) is -0.755. The summed E-state index contributed by atoms with van der Waals surface area (Å²) in [6.07, 6.45) is 7.05. The van der Waals surface area contributed by atoms with Gasteiger partial charge in [-0.05, 0) is 26.3 Å². The van der Waals surface area contributed by atoms with Gasteiger partial charge in [0.15, 0.2) is 0 Å². The van der Waals surface area contributed by atoms with Crippen LogP contribution in [-0.4, -0.2) is 35.6 Å². The van der Waals surface area contributed by atoms with Crippen LogP contribution in [0.4, 0.5) is 0 Å². The first-order valence-corrected chi connectivity index (χ1v) is 7.24. The van der Waals surface area contributed by atoms with Crippen LogP contribution in [-0.2, 0) is 9.59 Å². The van der Waals surface area contributed by atoms with Crippen LogP contribution in [0.25, 0.3) is 0 Å². The third kappa shape index (κ3) is 4.82. The predicted molar refractivity (Wildman–Crippen MR) is 74.0 cm³/mol. The molecule has 1 atom stereocenters. The maximum Gasteiger partial charge on any atom is 0.326 e. The molecule has 0 aromatic heterocycles. The highest BCUT2D eigenvalue weighted by Gasteiger charge is 2.33. The second kappa shape index (κ2) is 7.48. The molecule has 0 radical (unpaired) electrons. The molecule has 0 saturated heterocycles. The fourth-order valence-corrected chi connectivity index (χ4v) is 2.84. The summed E-state index contributed by atoms with van der Waals surface area (Å²) < 4.78 is 0. The fraction of sp³-hybridized carbons (Fsp3) is 0.857. The van der Waals surface area contributed by atoms with E-state index in [1.165, 1.54) is 6.42 Å². The van der Waals surface area contributed by atoms with Gasteiger partial charge in [0.1, 0.15) is 6.04 Å². The SMILES string of the molecule is CCC[C@H](NC(=O)CC1(NC)CCCCC1)C(=O)O. The molecular weight excluding hydrogens is 244 g/mol. The number of carbonyl (C=O) groups is 2. The van der Waals surface area contributed by atoms with Crippen molar-refractivity contribution in [3.63, 3.8) is 0 Å². The van der Waals surface area contributed by atoms with Crippen LogP contribution in [0, 0.1) is 0 Å². The quantitative estimate of drug-likeness (QED) is 0.657. The van der Waals surface area contributed by atoms with Gasteiger partial charge >= 0.3 is 5.97 Å². The molecule has 1 aliphatic carbocycles. The third-order valence-electron chi connectivity index (χ3n) is 4.05. The smallest absolute Gasteiger partial charge is 0.326 e. The molecule has 110 valence electrons. The zero-order chi connectivity index (χ0) is 14.3. The molecule has 19 heavy (non-hydrogen) atoms. The molecule has 1 saturated carbocycles. The van der Waals surface area contributed by atoms with Gasteiger partial charge in [0.25, 0.3) is 0 Å². The van der Waals surface area contributed by atoms with Crippen LogP contribution < -0.4 is 10.6 Å². The second-order valence-corrected chi connectivity index (χ2v) is 5.51. The van der Waals surface area contributed by atoms with Gasteiger partial charge in [-0.3, -0.25) is 4.79 Å². The molecule has 1 rings (SSSR count). The average molecular weight is 270 g/mol. The number of carbonyl (C=O) groups excluding carboxylic acids is 1. The van der Waals surface area contributed by atoms with Gasteiger partial charge in [0.05, 0.1) is 0 Å². The van der Waals surface area contributed by atoms with E-state index in [9.17, 15) is 9.59 Å². The molecule has 5 nitrogen and oxygen atoms in total. The summed E-state index contributed by atoms with van der Waals surface area (Å²) in [4.78, 5) is 23.1. The predicted octanol–water partition coefficient (Wildman–Crippen LogP) is 1.67. The highest BCUT2D eigenvalue weighted by molar-refractivity contribution is 5.84. The van der Waals surface area contributed by atoms with E-state index in [0.29, 0.717) is 12.8 Å². The Hall–Kier alpha value is -1.10. The lowest BCUT2D eigenvalue weighted by atomic mass is 9.79. The molecule has 0 heterocycles. The molecule has 1 amide bonds. The molecule has 0 aliphatic heterocycles. The summed E-state index contributed by atoms with van der Waals surface area (Å²) in [5, 5.41) is 15.0. The highest BCUT2D eigenvalue weighted by atomic mass is 16.4. The lowest BCUT2D eigenvalue weighted by molar-refractivity contribution is -0.142. The van der Waals surface area contributed by atoms with E-state index in [1.54, 1.807) is 0 Å². The van der Waals surface area contributed by atoms with Crippen LogP contribution >= 0.6 is 0 Å². The molecule has 1 aliphatic rings. The zero-order valence-electron chi connectivity index (χ0n) is 12.0. The van der Waals surface area contributed by atoms with E-state index >= 15 is 0 Å². The third-order valence-corrected chi connectivity index (χ3v) is 4.05. The Morgan fingerprint density at radius 2 is 1.89 bits per heavy atom. The number of carboxylic acids is 1. The molecular formula is C14H26N2O3. The van der Waals surface area contributed by atoms with E-state index in [0.717, 1.165) is 32.1 Å². The van der Waals surface area contributed by atoms with E-state index in [1.807, 2.05) is 14.0 Å². The Labute approximate surface area is 115 Å². The zero-order valence-corrected chi connectivity index (χ0v) is 12.0. The lowest BCUT2D eigenvalue weighted by Crippen LogP contribution is -2.50. The van der Waals surface area contributed by atoms with Crippen molar-refractivity contribution in [1.29, 1.82) is 0 Å². The van der Waals surface area contributed by atoms with Gasteiger partial charge in [-0.1, -0.05) is 32.6 Å². The minimum absolute atomic E-state index is 0.141. The standard InChI is InChI=1S/C14H26N2O3/c1-3-7-11(13(18)19)16-12(17)10-14(15-2)8-5-4-6-9-14/h11,15H,3-10H2,1-2H3,(H,16,17)(H,18,19)/t11-/m0/s1. The first kappa shape index (κ1) is 16.0. The number of amides is 1. The van der Waals surface area contributed by atoms with Gasteiger partial charge in [-0.25, -0.2) is 4.79 Å². The van der Waals surface area contributed by atoms with Crippen molar-refractivity contribution in [2.24, 2.45) is 0 Å².